The Morgan fingerprint density at radius 3 is 1.93 bits per heavy atom. The number of carbonyl (C=O) groups is 1. The minimum absolute atomic E-state index is 0.0964. The topological polar surface area (TPSA) is 38.3 Å². The van der Waals surface area contributed by atoms with E-state index in [1.54, 1.807) is 0 Å². The third-order valence-corrected chi connectivity index (χ3v) is 3.14. The highest BCUT2D eigenvalue weighted by atomic mass is 19.4. The number of ether oxygens (including phenoxy) is 1. The second kappa shape index (κ2) is 7.41. The summed E-state index contributed by atoms with van der Waals surface area (Å²) >= 11 is 0. The van der Waals surface area contributed by atoms with E-state index >= 15 is 0 Å². The van der Waals surface area contributed by atoms with Gasteiger partial charge in [0.2, 0.25) is 0 Å². The number of anilines is 1. The summed E-state index contributed by atoms with van der Waals surface area (Å²) < 4.78 is 107. The average Bonchev–Trinajstić information content (AvgIpc) is 2.54. The van der Waals surface area contributed by atoms with Crippen LogP contribution in [0.15, 0.2) is 36.4 Å². The van der Waals surface area contributed by atoms with Crippen molar-refractivity contribution in [2.75, 3.05) is 11.9 Å². The number of amides is 1. The van der Waals surface area contributed by atoms with Gasteiger partial charge in [0, 0.05) is 6.07 Å². The maximum atomic E-state index is 13.4. The van der Waals surface area contributed by atoms with Gasteiger partial charge in [-0.2, -0.15) is 26.3 Å². The fourth-order valence-electron chi connectivity index (χ4n) is 1.94. The Balaban J connectivity index is 2.15. The van der Waals surface area contributed by atoms with Gasteiger partial charge in [-0.25, -0.2) is 8.78 Å². The van der Waals surface area contributed by atoms with E-state index in [0.717, 1.165) is 12.1 Å². The Labute approximate surface area is 146 Å². The standard InChI is InChI=1S/C16H9F8NO2/c17-10-1-2-13(12(18)6-10)25-14(26)7-27-11-4-8(15(19,20)21)3-9(5-11)16(22,23)24/h1-6H,7H2,(H,25,26). The highest BCUT2D eigenvalue weighted by molar-refractivity contribution is 5.91. The van der Waals surface area contributed by atoms with E-state index in [2.05, 4.69) is 4.74 Å². The van der Waals surface area contributed by atoms with Crippen molar-refractivity contribution in [2.45, 2.75) is 12.4 Å². The van der Waals surface area contributed by atoms with Gasteiger partial charge in [0.15, 0.2) is 6.61 Å². The van der Waals surface area contributed by atoms with Crippen molar-refractivity contribution in [1.82, 2.24) is 0 Å². The van der Waals surface area contributed by atoms with Gasteiger partial charge in [-0.05, 0) is 30.3 Å². The number of rotatable bonds is 4. The van der Waals surface area contributed by atoms with Gasteiger partial charge >= 0.3 is 12.4 Å². The maximum absolute atomic E-state index is 13.4. The molecule has 0 heterocycles. The van der Waals surface area contributed by atoms with Crippen molar-refractivity contribution in [1.29, 1.82) is 0 Å². The Kier molecular flexibility index (Phi) is 5.62. The first-order chi connectivity index (χ1) is 12.4. The first kappa shape index (κ1) is 20.5. The molecule has 2 aromatic carbocycles. The van der Waals surface area contributed by atoms with E-state index in [-0.39, 0.29) is 6.07 Å². The smallest absolute Gasteiger partial charge is 0.416 e. The normalized spacial score (nSPS) is 12.0. The van der Waals surface area contributed by atoms with Crippen LogP contribution < -0.4 is 10.1 Å². The minimum Gasteiger partial charge on any atom is -0.484 e. The molecular weight excluding hydrogens is 390 g/mol. The maximum Gasteiger partial charge on any atom is 0.416 e. The summed E-state index contributed by atoms with van der Waals surface area (Å²) in [5.41, 5.74) is -3.67. The molecule has 0 atom stereocenters. The van der Waals surface area contributed by atoms with Gasteiger partial charge in [0.1, 0.15) is 17.4 Å². The van der Waals surface area contributed by atoms with Crippen molar-refractivity contribution in [3.8, 4) is 5.75 Å². The van der Waals surface area contributed by atoms with Crippen LogP contribution in [0.4, 0.5) is 40.8 Å². The summed E-state index contributed by atoms with van der Waals surface area (Å²) in [5.74, 6) is -3.97. The van der Waals surface area contributed by atoms with Crippen LogP contribution in [0.5, 0.6) is 5.75 Å². The predicted molar refractivity (Wildman–Crippen MR) is 76.9 cm³/mol. The van der Waals surface area contributed by atoms with Crippen molar-refractivity contribution in [3.63, 3.8) is 0 Å². The third kappa shape index (κ3) is 5.56. The molecule has 0 aromatic heterocycles. The van der Waals surface area contributed by atoms with Crippen LogP contribution in [-0.4, -0.2) is 12.5 Å². The molecule has 3 nitrogen and oxygen atoms in total. The summed E-state index contributed by atoms with van der Waals surface area (Å²) in [6.07, 6.45) is -10.1. The quantitative estimate of drug-likeness (QED) is 0.734. The van der Waals surface area contributed by atoms with Gasteiger partial charge < -0.3 is 10.1 Å². The van der Waals surface area contributed by atoms with Gasteiger partial charge in [0.05, 0.1) is 16.8 Å². The van der Waals surface area contributed by atoms with Crippen molar-refractivity contribution >= 4 is 11.6 Å². The molecule has 0 saturated heterocycles. The summed E-state index contributed by atoms with van der Waals surface area (Å²) in [5, 5.41) is 1.95. The van der Waals surface area contributed by atoms with Gasteiger partial charge in [-0.1, -0.05) is 0 Å². The first-order valence-electron chi connectivity index (χ1n) is 7.03. The minimum atomic E-state index is -5.07. The number of nitrogens with one attached hydrogen (secondary N) is 1. The molecule has 0 fully saturated rings. The van der Waals surface area contributed by atoms with Crippen LogP contribution in [0.1, 0.15) is 11.1 Å². The molecule has 1 amide bonds. The Hall–Kier alpha value is -2.85. The lowest BCUT2D eigenvalue weighted by Crippen LogP contribution is -2.21. The van der Waals surface area contributed by atoms with Crippen molar-refractivity contribution in [2.24, 2.45) is 0 Å². The van der Waals surface area contributed by atoms with E-state index in [1.165, 1.54) is 0 Å². The Morgan fingerprint density at radius 2 is 1.44 bits per heavy atom. The van der Waals surface area contributed by atoms with Crippen molar-refractivity contribution in [3.05, 3.63) is 59.2 Å². The van der Waals surface area contributed by atoms with Crippen LogP contribution in [0.25, 0.3) is 0 Å². The lowest BCUT2D eigenvalue weighted by molar-refractivity contribution is -0.143. The average molecular weight is 399 g/mol. The summed E-state index contributed by atoms with van der Waals surface area (Å²) in [7, 11) is 0. The summed E-state index contributed by atoms with van der Waals surface area (Å²) in [4.78, 5) is 11.6. The second-order valence-electron chi connectivity index (χ2n) is 5.20. The molecule has 0 radical (unpaired) electrons. The largest absolute Gasteiger partial charge is 0.484 e. The van der Waals surface area contributed by atoms with Gasteiger partial charge in [-0.3, -0.25) is 4.79 Å². The molecule has 0 spiro atoms. The Morgan fingerprint density at radius 1 is 0.889 bits per heavy atom. The molecule has 0 aliphatic rings. The monoisotopic (exact) mass is 399 g/mol. The molecule has 11 heteroatoms. The summed E-state index contributed by atoms with van der Waals surface area (Å²) in [6, 6.07) is 2.68. The molecule has 0 unspecified atom stereocenters. The number of hydrogen-bond acceptors (Lipinski definition) is 2. The molecule has 146 valence electrons. The van der Waals surface area contributed by atoms with Crippen LogP contribution in [0.3, 0.4) is 0 Å². The SMILES string of the molecule is O=C(COc1cc(C(F)(F)F)cc(C(F)(F)F)c1)Nc1ccc(F)cc1F. The highest BCUT2D eigenvalue weighted by Crippen LogP contribution is 2.38. The first-order valence-corrected chi connectivity index (χ1v) is 7.03. The lowest BCUT2D eigenvalue weighted by atomic mass is 10.1. The Bertz CT molecular complexity index is 813. The zero-order chi connectivity index (χ0) is 20.4. The molecule has 0 aliphatic heterocycles. The van der Waals surface area contributed by atoms with E-state index in [9.17, 15) is 39.9 Å². The van der Waals surface area contributed by atoms with Crippen LogP contribution in [0, 0.1) is 11.6 Å². The highest BCUT2D eigenvalue weighted by Gasteiger charge is 2.37. The van der Waals surface area contributed by atoms with Crippen LogP contribution in [-0.2, 0) is 17.1 Å². The van der Waals surface area contributed by atoms with Crippen molar-refractivity contribution < 1.29 is 44.7 Å². The molecule has 27 heavy (non-hydrogen) atoms. The fraction of sp³-hybridized carbons (Fsp3) is 0.188. The van der Waals surface area contributed by atoms with Crippen LogP contribution >= 0.6 is 0 Å². The molecule has 2 aromatic rings. The molecule has 0 bridgehead atoms. The zero-order valence-corrected chi connectivity index (χ0v) is 13.0. The van der Waals surface area contributed by atoms with E-state index in [0.29, 0.717) is 18.2 Å². The molecule has 0 aliphatic carbocycles. The number of carbonyl (C=O) groups excluding carboxylic acids is 1. The molecule has 0 saturated carbocycles. The fourth-order valence-corrected chi connectivity index (χ4v) is 1.94. The number of alkyl halides is 6. The molecular formula is C16H9F8NO2. The third-order valence-electron chi connectivity index (χ3n) is 3.14. The van der Waals surface area contributed by atoms with Crippen LogP contribution in [0.2, 0.25) is 0 Å². The van der Waals surface area contributed by atoms with E-state index < -0.39 is 59.1 Å². The van der Waals surface area contributed by atoms with E-state index in [4.69, 9.17) is 0 Å². The molecule has 1 N–H and O–H groups in total. The predicted octanol–water partition coefficient (Wildman–Crippen LogP) is 5.02. The van der Waals surface area contributed by atoms with Gasteiger partial charge in [0.25, 0.3) is 5.91 Å². The molecule has 2 rings (SSSR count). The number of hydrogen-bond donors (Lipinski definition) is 1. The lowest BCUT2D eigenvalue weighted by Gasteiger charge is -2.15. The number of halogens is 8. The second-order valence-corrected chi connectivity index (χ2v) is 5.20. The zero-order valence-electron chi connectivity index (χ0n) is 13.0. The van der Waals surface area contributed by atoms with Gasteiger partial charge in [-0.15, -0.1) is 0 Å². The van der Waals surface area contributed by atoms with E-state index in [1.807, 2.05) is 5.32 Å². The number of benzene rings is 2. The summed E-state index contributed by atoms with van der Waals surface area (Å²) in [6.45, 7) is -1.00.